The molecule has 1 aliphatic rings. The number of carbonyl (C=O) groups is 2. The molecule has 1 aromatic rings. The van der Waals surface area contributed by atoms with Crippen LogP contribution in [0.1, 0.15) is 38.7 Å². The lowest BCUT2D eigenvalue weighted by molar-refractivity contribution is -0.139. The SMILES string of the molecule is COc1ccccc1C(C)(C)C(=O)N1CCCC(N(C)CC(=O)O)CC1. The van der Waals surface area contributed by atoms with Crippen molar-refractivity contribution in [1.82, 2.24) is 9.80 Å². The molecule has 144 valence electrons. The highest BCUT2D eigenvalue weighted by atomic mass is 16.5. The van der Waals surface area contributed by atoms with E-state index in [1.807, 2.05) is 55.0 Å². The summed E-state index contributed by atoms with van der Waals surface area (Å²) in [5.41, 5.74) is 0.204. The molecule has 1 unspecified atom stereocenters. The minimum absolute atomic E-state index is 0.0331. The topological polar surface area (TPSA) is 70.1 Å². The Morgan fingerprint density at radius 1 is 1.27 bits per heavy atom. The summed E-state index contributed by atoms with van der Waals surface area (Å²) >= 11 is 0. The molecular formula is C20H30N2O4. The molecule has 1 atom stereocenters. The molecule has 6 heteroatoms. The van der Waals surface area contributed by atoms with Crippen LogP contribution in [0.5, 0.6) is 5.75 Å². The molecule has 0 aromatic heterocycles. The van der Waals surface area contributed by atoms with E-state index in [0.29, 0.717) is 13.1 Å². The van der Waals surface area contributed by atoms with E-state index in [2.05, 4.69) is 0 Å². The van der Waals surface area contributed by atoms with Crippen LogP contribution in [-0.2, 0) is 15.0 Å². The van der Waals surface area contributed by atoms with E-state index < -0.39 is 11.4 Å². The van der Waals surface area contributed by atoms with E-state index >= 15 is 0 Å². The number of nitrogens with zero attached hydrogens (tertiary/aromatic N) is 2. The molecule has 1 amide bonds. The van der Waals surface area contributed by atoms with Gasteiger partial charge in [0.05, 0.1) is 19.1 Å². The fraction of sp³-hybridized carbons (Fsp3) is 0.600. The maximum atomic E-state index is 13.3. The predicted molar refractivity (Wildman–Crippen MR) is 101 cm³/mol. The molecule has 0 saturated carbocycles. The number of carboxylic acids is 1. The van der Waals surface area contributed by atoms with E-state index in [-0.39, 0.29) is 18.5 Å². The molecule has 1 aromatic carbocycles. The number of amides is 1. The monoisotopic (exact) mass is 362 g/mol. The fourth-order valence-electron chi connectivity index (χ4n) is 3.74. The minimum Gasteiger partial charge on any atom is -0.496 e. The molecule has 6 nitrogen and oxygen atoms in total. The Kier molecular flexibility index (Phi) is 6.64. The molecule has 26 heavy (non-hydrogen) atoms. The molecule has 0 spiro atoms. The Morgan fingerprint density at radius 2 is 1.96 bits per heavy atom. The third-order valence-electron chi connectivity index (χ3n) is 5.31. The van der Waals surface area contributed by atoms with E-state index in [4.69, 9.17) is 9.84 Å². The molecule has 1 aliphatic heterocycles. The van der Waals surface area contributed by atoms with Crippen molar-refractivity contribution in [2.45, 2.75) is 44.6 Å². The second-order valence-corrected chi connectivity index (χ2v) is 7.51. The zero-order chi connectivity index (χ0) is 19.3. The maximum absolute atomic E-state index is 13.3. The normalized spacial score (nSPS) is 18.5. The van der Waals surface area contributed by atoms with E-state index in [9.17, 15) is 9.59 Å². The highest BCUT2D eigenvalue weighted by Gasteiger charge is 2.37. The Bertz CT molecular complexity index is 644. The van der Waals surface area contributed by atoms with Crippen LogP contribution in [0.15, 0.2) is 24.3 Å². The molecule has 1 heterocycles. The fourth-order valence-corrected chi connectivity index (χ4v) is 3.74. The molecule has 1 saturated heterocycles. The number of rotatable bonds is 6. The van der Waals surface area contributed by atoms with Gasteiger partial charge in [0.15, 0.2) is 0 Å². The first kappa shape index (κ1) is 20.2. The van der Waals surface area contributed by atoms with Crippen LogP contribution < -0.4 is 4.74 Å². The quantitative estimate of drug-likeness (QED) is 0.841. The molecule has 0 aliphatic carbocycles. The number of ether oxygens (including phenoxy) is 1. The van der Waals surface area contributed by atoms with Gasteiger partial charge in [-0.15, -0.1) is 0 Å². The first-order chi connectivity index (χ1) is 12.3. The van der Waals surface area contributed by atoms with Crippen molar-refractivity contribution in [1.29, 1.82) is 0 Å². The lowest BCUT2D eigenvalue weighted by Crippen LogP contribution is -2.44. The standard InChI is InChI=1S/C20H30N2O4/c1-20(2,16-9-5-6-10-17(16)26-4)19(25)22-12-7-8-15(11-13-22)21(3)14-18(23)24/h5-6,9-10,15H,7-8,11-14H2,1-4H3,(H,23,24). The van der Waals surface area contributed by atoms with Crippen LogP contribution in [0, 0.1) is 0 Å². The van der Waals surface area contributed by atoms with Gasteiger partial charge in [-0.05, 0) is 46.2 Å². The first-order valence-electron chi connectivity index (χ1n) is 9.12. The molecule has 0 radical (unpaired) electrons. The van der Waals surface area contributed by atoms with Gasteiger partial charge < -0.3 is 14.7 Å². The van der Waals surface area contributed by atoms with Crippen LogP contribution in [0.3, 0.4) is 0 Å². The molecule has 1 N–H and O–H groups in total. The number of benzene rings is 1. The van der Waals surface area contributed by atoms with Crippen LogP contribution in [0.25, 0.3) is 0 Å². The van der Waals surface area contributed by atoms with Crippen LogP contribution in [0.4, 0.5) is 0 Å². The number of aliphatic carboxylic acids is 1. The smallest absolute Gasteiger partial charge is 0.317 e. The third kappa shape index (κ3) is 4.55. The van der Waals surface area contributed by atoms with Gasteiger partial charge in [-0.3, -0.25) is 14.5 Å². The zero-order valence-electron chi connectivity index (χ0n) is 16.2. The van der Waals surface area contributed by atoms with Gasteiger partial charge in [-0.1, -0.05) is 18.2 Å². The van der Waals surface area contributed by atoms with Crippen LogP contribution >= 0.6 is 0 Å². The average Bonchev–Trinajstić information content (AvgIpc) is 2.86. The van der Waals surface area contributed by atoms with Crippen molar-refractivity contribution in [3.8, 4) is 5.75 Å². The maximum Gasteiger partial charge on any atom is 0.317 e. The summed E-state index contributed by atoms with van der Waals surface area (Å²) in [6.07, 6.45) is 2.57. The van der Waals surface area contributed by atoms with E-state index in [1.54, 1.807) is 7.11 Å². The van der Waals surface area contributed by atoms with Gasteiger partial charge in [-0.2, -0.15) is 0 Å². The number of likely N-dealkylation sites (tertiary alicyclic amines) is 1. The van der Waals surface area contributed by atoms with Gasteiger partial charge in [0.25, 0.3) is 0 Å². The van der Waals surface area contributed by atoms with E-state index in [0.717, 1.165) is 30.6 Å². The summed E-state index contributed by atoms with van der Waals surface area (Å²) in [5, 5.41) is 8.99. The summed E-state index contributed by atoms with van der Waals surface area (Å²) in [5.74, 6) is -0.00902. The van der Waals surface area contributed by atoms with Crippen molar-refractivity contribution in [3.05, 3.63) is 29.8 Å². The number of hydrogen-bond donors (Lipinski definition) is 1. The Hall–Kier alpha value is -2.08. The van der Waals surface area contributed by atoms with Gasteiger partial charge in [0.1, 0.15) is 5.75 Å². The second-order valence-electron chi connectivity index (χ2n) is 7.51. The van der Waals surface area contributed by atoms with Crippen LogP contribution in [-0.4, -0.2) is 66.6 Å². The Balaban J connectivity index is 2.10. The largest absolute Gasteiger partial charge is 0.496 e. The molecule has 0 bridgehead atoms. The van der Waals surface area contributed by atoms with Gasteiger partial charge in [0.2, 0.25) is 5.91 Å². The lowest BCUT2D eigenvalue weighted by Gasteiger charge is -2.33. The predicted octanol–water partition coefficient (Wildman–Crippen LogP) is 2.37. The lowest BCUT2D eigenvalue weighted by atomic mass is 9.82. The number of carboxylic acid groups (broad SMARTS) is 1. The van der Waals surface area contributed by atoms with Gasteiger partial charge in [-0.25, -0.2) is 0 Å². The minimum atomic E-state index is -0.818. The number of hydrogen-bond acceptors (Lipinski definition) is 4. The van der Waals surface area contributed by atoms with Crippen molar-refractivity contribution < 1.29 is 19.4 Å². The van der Waals surface area contributed by atoms with Crippen molar-refractivity contribution in [2.24, 2.45) is 0 Å². The Labute approximate surface area is 155 Å². The summed E-state index contributed by atoms with van der Waals surface area (Å²) in [7, 11) is 3.46. The number of methoxy groups -OCH3 is 1. The average molecular weight is 362 g/mol. The van der Waals surface area contributed by atoms with Gasteiger partial charge in [0, 0.05) is 24.7 Å². The van der Waals surface area contributed by atoms with Crippen molar-refractivity contribution in [3.63, 3.8) is 0 Å². The van der Waals surface area contributed by atoms with E-state index in [1.165, 1.54) is 0 Å². The highest BCUT2D eigenvalue weighted by Crippen LogP contribution is 2.33. The molecule has 2 rings (SSSR count). The first-order valence-corrected chi connectivity index (χ1v) is 9.12. The molecular weight excluding hydrogens is 332 g/mol. The summed E-state index contributed by atoms with van der Waals surface area (Å²) in [6.45, 7) is 5.25. The number of carbonyl (C=O) groups excluding carboxylic acids is 1. The number of likely N-dealkylation sites (N-methyl/N-ethyl adjacent to an activating group) is 1. The second kappa shape index (κ2) is 8.54. The third-order valence-corrected chi connectivity index (χ3v) is 5.31. The van der Waals surface area contributed by atoms with Crippen LogP contribution in [0.2, 0.25) is 0 Å². The van der Waals surface area contributed by atoms with Crippen molar-refractivity contribution >= 4 is 11.9 Å². The number of para-hydroxylation sites is 1. The Morgan fingerprint density at radius 3 is 2.62 bits per heavy atom. The summed E-state index contributed by atoms with van der Waals surface area (Å²) in [6, 6.07) is 7.84. The highest BCUT2D eigenvalue weighted by molar-refractivity contribution is 5.88. The zero-order valence-corrected chi connectivity index (χ0v) is 16.2. The van der Waals surface area contributed by atoms with Crippen molar-refractivity contribution in [2.75, 3.05) is 33.8 Å². The van der Waals surface area contributed by atoms with Gasteiger partial charge >= 0.3 is 5.97 Å². The molecule has 1 fully saturated rings. The summed E-state index contributed by atoms with van der Waals surface area (Å²) < 4.78 is 5.45. The summed E-state index contributed by atoms with van der Waals surface area (Å²) in [4.78, 5) is 28.0.